The monoisotopic (exact) mass is 462 g/mol. The second kappa shape index (κ2) is 9.42. The van der Waals surface area contributed by atoms with Crippen molar-refractivity contribution in [1.29, 1.82) is 0 Å². The second-order valence-corrected chi connectivity index (χ2v) is 8.38. The number of hydrazone groups is 1. The minimum absolute atomic E-state index is 0.159. The van der Waals surface area contributed by atoms with Crippen LogP contribution in [0, 0.1) is 13.8 Å². The molecule has 0 atom stereocenters. The van der Waals surface area contributed by atoms with E-state index in [1.54, 1.807) is 18.3 Å². The van der Waals surface area contributed by atoms with Gasteiger partial charge in [0.25, 0.3) is 11.5 Å². The Morgan fingerprint density at radius 3 is 2.64 bits per heavy atom. The molecule has 0 fully saturated rings. The molecular formula is C25H23ClN4O3. The lowest BCUT2D eigenvalue weighted by atomic mass is 10.1. The lowest BCUT2D eigenvalue weighted by Crippen LogP contribution is -2.36. The Bertz CT molecular complexity index is 1330. The molecule has 2 aromatic carbocycles. The van der Waals surface area contributed by atoms with Crippen LogP contribution in [-0.4, -0.2) is 22.1 Å². The molecule has 3 aromatic rings. The van der Waals surface area contributed by atoms with Gasteiger partial charge in [-0.1, -0.05) is 41.9 Å². The van der Waals surface area contributed by atoms with E-state index in [4.69, 9.17) is 11.6 Å². The first-order chi connectivity index (χ1) is 15.8. The summed E-state index contributed by atoms with van der Waals surface area (Å²) >= 11 is 6.22. The molecule has 0 aliphatic carbocycles. The zero-order valence-electron chi connectivity index (χ0n) is 18.3. The van der Waals surface area contributed by atoms with Crippen LogP contribution in [-0.2, 0) is 16.1 Å². The van der Waals surface area contributed by atoms with E-state index in [2.05, 4.69) is 10.4 Å². The molecule has 7 nitrogen and oxygen atoms in total. The summed E-state index contributed by atoms with van der Waals surface area (Å²) in [5.41, 5.74) is 3.84. The summed E-state index contributed by atoms with van der Waals surface area (Å²) in [6, 6.07) is 16.0. The number of benzene rings is 2. The number of hydrogen-bond acceptors (Lipinski definition) is 4. The lowest BCUT2D eigenvalue weighted by molar-refractivity contribution is -0.118. The van der Waals surface area contributed by atoms with Gasteiger partial charge in [0.15, 0.2) is 0 Å². The van der Waals surface area contributed by atoms with E-state index >= 15 is 0 Å². The zero-order chi connectivity index (χ0) is 23.5. The van der Waals surface area contributed by atoms with Crippen molar-refractivity contribution in [3.63, 3.8) is 0 Å². The van der Waals surface area contributed by atoms with Gasteiger partial charge in [-0.2, -0.15) is 5.10 Å². The number of aryl methyl sites for hydroxylation is 2. The Balaban J connectivity index is 1.56. The Hall–Kier alpha value is -3.71. The van der Waals surface area contributed by atoms with Crippen LogP contribution in [0.15, 0.2) is 70.7 Å². The number of amides is 2. The van der Waals surface area contributed by atoms with Crippen molar-refractivity contribution >= 4 is 40.5 Å². The molecule has 0 bridgehead atoms. The SMILES string of the molecule is Cc1ccc(C)c(N2N=C(C(=O)Nc3ccc(=O)n(Cc4ccccc4Cl)c3)CCC2=O)c1. The van der Waals surface area contributed by atoms with Crippen molar-refractivity contribution in [2.24, 2.45) is 5.10 Å². The predicted octanol–water partition coefficient (Wildman–Crippen LogP) is 4.29. The smallest absolute Gasteiger partial charge is 0.271 e. The third-order valence-corrected chi connectivity index (χ3v) is 5.80. The van der Waals surface area contributed by atoms with Crippen LogP contribution in [0.1, 0.15) is 29.5 Å². The van der Waals surface area contributed by atoms with Gasteiger partial charge in [0, 0.05) is 30.1 Å². The molecule has 0 spiro atoms. The number of rotatable bonds is 5. The van der Waals surface area contributed by atoms with E-state index in [1.165, 1.54) is 15.6 Å². The maximum atomic E-state index is 12.9. The van der Waals surface area contributed by atoms with Crippen molar-refractivity contribution in [2.75, 3.05) is 10.3 Å². The molecular weight excluding hydrogens is 440 g/mol. The Kier molecular flexibility index (Phi) is 6.42. The molecule has 0 unspecified atom stereocenters. The van der Waals surface area contributed by atoms with Crippen LogP contribution in [0.4, 0.5) is 11.4 Å². The summed E-state index contributed by atoms with van der Waals surface area (Å²) in [5.74, 6) is -0.575. The highest BCUT2D eigenvalue weighted by atomic mass is 35.5. The quantitative estimate of drug-likeness (QED) is 0.614. The third-order valence-electron chi connectivity index (χ3n) is 5.43. The van der Waals surface area contributed by atoms with Crippen molar-refractivity contribution in [2.45, 2.75) is 33.2 Å². The predicted molar refractivity (Wildman–Crippen MR) is 130 cm³/mol. The standard InChI is InChI=1S/C25H23ClN4O3/c1-16-7-8-17(2)22(13-16)30-24(32)12-10-21(28-30)25(33)27-19-9-11-23(31)29(15-19)14-18-5-3-4-6-20(18)26/h3-9,11,13,15H,10,12,14H2,1-2H3,(H,27,33). The van der Waals surface area contributed by atoms with Crippen molar-refractivity contribution in [3.8, 4) is 0 Å². The molecule has 0 saturated carbocycles. The first kappa shape index (κ1) is 22.5. The van der Waals surface area contributed by atoms with Gasteiger partial charge in [-0.05, 0) is 48.7 Å². The topological polar surface area (TPSA) is 83.8 Å². The number of hydrogen-bond donors (Lipinski definition) is 1. The van der Waals surface area contributed by atoms with Crippen molar-refractivity contribution in [3.05, 3.63) is 92.9 Å². The summed E-state index contributed by atoms with van der Waals surface area (Å²) in [5, 5.41) is 9.01. The first-order valence-corrected chi connectivity index (χ1v) is 10.9. The number of nitrogens with one attached hydrogen (secondary N) is 1. The van der Waals surface area contributed by atoms with Gasteiger partial charge in [0.2, 0.25) is 5.91 Å². The summed E-state index contributed by atoms with van der Waals surface area (Å²) in [6.45, 7) is 4.11. The number of anilines is 2. The van der Waals surface area contributed by atoms with Crippen LogP contribution in [0.2, 0.25) is 5.02 Å². The molecule has 2 heterocycles. The minimum atomic E-state index is -0.416. The van der Waals surface area contributed by atoms with Crippen molar-refractivity contribution < 1.29 is 9.59 Å². The van der Waals surface area contributed by atoms with Gasteiger partial charge >= 0.3 is 0 Å². The van der Waals surface area contributed by atoms with E-state index in [9.17, 15) is 14.4 Å². The van der Waals surface area contributed by atoms with Gasteiger partial charge in [0.1, 0.15) is 5.71 Å². The molecule has 0 radical (unpaired) electrons. The van der Waals surface area contributed by atoms with Crippen LogP contribution < -0.4 is 15.9 Å². The number of pyridine rings is 1. The van der Waals surface area contributed by atoms with E-state index in [1.807, 2.05) is 50.2 Å². The molecule has 1 N–H and O–H groups in total. The minimum Gasteiger partial charge on any atom is -0.320 e. The largest absolute Gasteiger partial charge is 0.320 e. The molecule has 4 rings (SSSR count). The number of nitrogens with zero attached hydrogens (tertiary/aromatic N) is 3. The van der Waals surface area contributed by atoms with Crippen LogP contribution in [0.5, 0.6) is 0 Å². The van der Waals surface area contributed by atoms with Gasteiger partial charge in [-0.3, -0.25) is 14.4 Å². The number of carbonyl (C=O) groups is 2. The summed E-state index contributed by atoms with van der Waals surface area (Å²) in [7, 11) is 0. The van der Waals surface area contributed by atoms with Crippen LogP contribution >= 0.6 is 11.6 Å². The summed E-state index contributed by atoms with van der Waals surface area (Å²) < 4.78 is 1.48. The molecule has 33 heavy (non-hydrogen) atoms. The van der Waals surface area contributed by atoms with Gasteiger partial charge in [-0.25, -0.2) is 5.01 Å². The van der Waals surface area contributed by atoms with E-state index in [0.717, 1.165) is 16.7 Å². The van der Waals surface area contributed by atoms with Gasteiger partial charge < -0.3 is 9.88 Å². The first-order valence-electron chi connectivity index (χ1n) is 10.5. The maximum absolute atomic E-state index is 12.9. The maximum Gasteiger partial charge on any atom is 0.271 e. The number of halogens is 1. The van der Waals surface area contributed by atoms with E-state index in [-0.39, 0.29) is 36.6 Å². The zero-order valence-corrected chi connectivity index (χ0v) is 19.1. The fourth-order valence-corrected chi connectivity index (χ4v) is 3.79. The van der Waals surface area contributed by atoms with Gasteiger partial charge in [-0.15, -0.1) is 0 Å². The number of carbonyl (C=O) groups excluding carboxylic acids is 2. The highest BCUT2D eigenvalue weighted by Crippen LogP contribution is 2.25. The summed E-state index contributed by atoms with van der Waals surface area (Å²) in [6.07, 6.45) is 2.00. The Morgan fingerprint density at radius 1 is 1.06 bits per heavy atom. The number of aromatic nitrogens is 1. The third kappa shape index (κ3) is 5.04. The van der Waals surface area contributed by atoms with E-state index in [0.29, 0.717) is 16.4 Å². The fourth-order valence-electron chi connectivity index (χ4n) is 3.59. The molecule has 1 aliphatic heterocycles. The average Bonchev–Trinajstić information content (AvgIpc) is 2.79. The highest BCUT2D eigenvalue weighted by molar-refractivity contribution is 6.44. The van der Waals surface area contributed by atoms with Crippen LogP contribution in [0.3, 0.4) is 0 Å². The molecule has 8 heteroatoms. The summed E-state index contributed by atoms with van der Waals surface area (Å²) in [4.78, 5) is 37.7. The molecule has 0 saturated heterocycles. The second-order valence-electron chi connectivity index (χ2n) is 7.97. The molecule has 1 aromatic heterocycles. The van der Waals surface area contributed by atoms with E-state index < -0.39 is 5.91 Å². The molecule has 1 aliphatic rings. The Morgan fingerprint density at radius 2 is 1.85 bits per heavy atom. The Labute approximate surface area is 196 Å². The van der Waals surface area contributed by atoms with Crippen molar-refractivity contribution in [1.82, 2.24) is 4.57 Å². The normalized spacial score (nSPS) is 13.6. The van der Waals surface area contributed by atoms with Crippen LogP contribution in [0.25, 0.3) is 0 Å². The average molecular weight is 463 g/mol. The highest BCUT2D eigenvalue weighted by Gasteiger charge is 2.26. The lowest BCUT2D eigenvalue weighted by Gasteiger charge is -2.24. The molecule has 2 amide bonds. The fraction of sp³-hybridized carbons (Fsp3) is 0.200. The van der Waals surface area contributed by atoms with Gasteiger partial charge in [0.05, 0.1) is 17.9 Å². The molecule has 168 valence electrons.